The third-order valence-electron chi connectivity index (χ3n) is 4.36. The number of benzene rings is 2. The molecule has 0 atom stereocenters. The summed E-state index contributed by atoms with van der Waals surface area (Å²) in [6, 6.07) is 11.0. The van der Waals surface area contributed by atoms with E-state index in [4.69, 9.17) is 25.8 Å². The predicted octanol–water partition coefficient (Wildman–Crippen LogP) is 3.20. The number of anilines is 2. The second-order valence-electron chi connectivity index (χ2n) is 6.08. The first-order valence-electron chi connectivity index (χ1n) is 8.54. The number of halogens is 1. The maximum Gasteiger partial charge on any atom is 0.255 e. The van der Waals surface area contributed by atoms with Gasteiger partial charge in [0.2, 0.25) is 0 Å². The minimum atomic E-state index is -0.247. The van der Waals surface area contributed by atoms with E-state index in [0.29, 0.717) is 35.3 Å². The lowest BCUT2D eigenvalue weighted by Gasteiger charge is -2.28. The highest BCUT2D eigenvalue weighted by atomic mass is 35.5. The van der Waals surface area contributed by atoms with Crippen molar-refractivity contribution in [1.82, 2.24) is 0 Å². The van der Waals surface area contributed by atoms with Crippen LogP contribution in [0.2, 0.25) is 5.02 Å². The van der Waals surface area contributed by atoms with Crippen molar-refractivity contribution in [2.75, 3.05) is 49.7 Å². The molecule has 0 aromatic heterocycles. The molecule has 1 N–H and O–H groups in total. The zero-order chi connectivity index (χ0) is 17.9. The van der Waals surface area contributed by atoms with Crippen LogP contribution in [0.3, 0.4) is 0 Å². The third kappa shape index (κ3) is 3.57. The van der Waals surface area contributed by atoms with E-state index in [-0.39, 0.29) is 5.91 Å². The van der Waals surface area contributed by atoms with E-state index in [2.05, 4.69) is 10.2 Å². The Bertz CT molecular complexity index is 804. The summed E-state index contributed by atoms with van der Waals surface area (Å²) in [4.78, 5) is 14.8. The van der Waals surface area contributed by atoms with Gasteiger partial charge in [-0.15, -0.1) is 0 Å². The van der Waals surface area contributed by atoms with Gasteiger partial charge in [-0.1, -0.05) is 11.6 Å². The van der Waals surface area contributed by atoms with E-state index in [1.807, 2.05) is 24.3 Å². The van der Waals surface area contributed by atoms with Crippen molar-refractivity contribution in [3.8, 4) is 11.5 Å². The Labute approximate surface area is 156 Å². The van der Waals surface area contributed by atoms with E-state index in [1.165, 1.54) is 0 Å². The molecule has 0 unspecified atom stereocenters. The number of carbonyl (C=O) groups excluding carboxylic acids is 1. The number of fused-ring (bicyclic) bond motifs is 1. The topological polar surface area (TPSA) is 60.0 Å². The standard InChI is InChI=1S/C19H19ClN2O4/c20-16-11-13(12-17-18(16)26-10-9-25-17)19(23)21-14-1-3-15(4-2-14)22-5-7-24-8-6-22/h1-4,11-12H,5-10H2,(H,21,23). The lowest BCUT2D eigenvalue weighted by molar-refractivity contribution is 0.102. The zero-order valence-corrected chi connectivity index (χ0v) is 14.9. The van der Waals surface area contributed by atoms with E-state index >= 15 is 0 Å². The molecule has 6 nitrogen and oxygen atoms in total. The smallest absolute Gasteiger partial charge is 0.255 e. The number of nitrogens with one attached hydrogen (secondary N) is 1. The molecule has 26 heavy (non-hydrogen) atoms. The Hall–Kier alpha value is -2.44. The molecule has 1 amide bonds. The maximum absolute atomic E-state index is 12.5. The highest BCUT2D eigenvalue weighted by Crippen LogP contribution is 2.38. The molecule has 2 aliphatic heterocycles. The minimum absolute atomic E-state index is 0.247. The van der Waals surface area contributed by atoms with Crippen molar-refractivity contribution in [3.05, 3.63) is 47.0 Å². The number of amides is 1. The fourth-order valence-electron chi connectivity index (χ4n) is 3.02. The zero-order valence-electron chi connectivity index (χ0n) is 14.2. The Morgan fingerprint density at radius 1 is 1.00 bits per heavy atom. The Morgan fingerprint density at radius 2 is 1.73 bits per heavy atom. The van der Waals surface area contributed by atoms with Crippen molar-refractivity contribution in [2.45, 2.75) is 0 Å². The minimum Gasteiger partial charge on any atom is -0.486 e. The fourth-order valence-corrected chi connectivity index (χ4v) is 3.29. The van der Waals surface area contributed by atoms with Gasteiger partial charge in [-0.3, -0.25) is 4.79 Å². The van der Waals surface area contributed by atoms with Gasteiger partial charge in [-0.25, -0.2) is 0 Å². The summed E-state index contributed by atoms with van der Waals surface area (Å²) in [5.41, 5.74) is 2.27. The fraction of sp³-hybridized carbons (Fsp3) is 0.316. The summed E-state index contributed by atoms with van der Waals surface area (Å²) in [5.74, 6) is 0.740. The Morgan fingerprint density at radius 3 is 2.50 bits per heavy atom. The van der Waals surface area contributed by atoms with Gasteiger partial charge in [0, 0.05) is 30.0 Å². The highest BCUT2D eigenvalue weighted by Gasteiger charge is 2.19. The van der Waals surface area contributed by atoms with Crippen molar-refractivity contribution < 1.29 is 19.0 Å². The molecule has 136 valence electrons. The van der Waals surface area contributed by atoms with Crippen molar-refractivity contribution >= 4 is 28.9 Å². The van der Waals surface area contributed by atoms with Crippen molar-refractivity contribution in [1.29, 1.82) is 0 Å². The second-order valence-corrected chi connectivity index (χ2v) is 6.49. The van der Waals surface area contributed by atoms with Crippen LogP contribution in [-0.4, -0.2) is 45.4 Å². The summed E-state index contributed by atoms with van der Waals surface area (Å²) < 4.78 is 16.4. The summed E-state index contributed by atoms with van der Waals surface area (Å²) >= 11 is 6.20. The maximum atomic E-state index is 12.5. The molecule has 1 fully saturated rings. The largest absolute Gasteiger partial charge is 0.486 e. The SMILES string of the molecule is O=C(Nc1ccc(N2CCOCC2)cc1)c1cc(Cl)c2c(c1)OCCO2. The third-order valence-corrected chi connectivity index (χ3v) is 4.64. The molecule has 4 rings (SSSR count). The number of carbonyl (C=O) groups is 1. The number of ether oxygens (including phenoxy) is 3. The van der Waals surface area contributed by atoms with Crippen LogP contribution in [0.15, 0.2) is 36.4 Å². The average Bonchev–Trinajstić information content (AvgIpc) is 2.69. The molecular weight excluding hydrogens is 356 g/mol. The molecule has 0 saturated carbocycles. The van der Waals surface area contributed by atoms with Crippen molar-refractivity contribution in [2.24, 2.45) is 0 Å². The number of hydrogen-bond acceptors (Lipinski definition) is 5. The van der Waals surface area contributed by atoms with Crippen LogP contribution < -0.4 is 19.7 Å². The van der Waals surface area contributed by atoms with E-state index in [1.54, 1.807) is 12.1 Å². The molecule has 0 spiro atoms. The molecule has 2 aliphatic rings. The lowest BCUT2D eigenvalue weighted by Crippen LogP contribution is -2.36. The summed E-state index contributed by atoms with van der Waals surface area (Å²) in [7, 11) is 0. The van der Waals surface area contributed by atoms with Crippen LogP contribution in [-0.2, 0) is 4.74 Å². The summed E-state index contributed by atoms with van der Waals surface area (Å²) in [6.45, 7) is 4.13. The molecule has 2 aromatic rings. The van der Waals surface area contributed by atoms with Gasteiger partial charge in [0.25, 0.3) is 5.91 Å². The van der Waals surface area contributed by atoms with Crippen LogP contribution in [0.1, 0.15) is 10.4 Å². The van der Waals surface area contributed by atoms with Gasteiger partial charge < -0.3 is 24.4 Å². The first-order valence-corrected chi connectivity index (χ1v) is 8.92. The number of nitrogens with zero attached hydrogens (tertiary/aromatic N) is 1. The van der Waals surface area contributed by atoms with E-state index < -0.39 is 0 Å². The van der Waals surface area contributed by atoms with Gasteiger partial charge in [-0.2, -0.15) is 0 Å². The highest BCUT2D eigenvalue weighted by molar-refractivity contribution is 6.32. The van der Waals surface area contributed by atoms with Crippen molar-refractivity contribution in [3.63, 3.8) is 0 Å². The molecule has 0 bridgehead atoms. The normalized spacial score (nSPS) is 16.3. The van der Waals surface area contributed by atoms with Crippen LogP contribution in [0.25, 0.3) is 0 Å². The first-order chi connectivity index (χ1) is 12.7. The second kappa shape index (κ2) is 7.43. The van der Waals surface area contributed by atoms with Crippen LogP contribution in [0.5, 0.6) is 11.5 Å². The van der Waals surface area contributed by atoms with Gasteiger partial charge >= 0.3 is 0 Å². The molecule has 7 heteroatoms. The Balaban J connectivity index is 1.47. The van der Waals surface area contributed by atoms with Gasteiger partial charge in [0.05, 0.1) is 18.2 Å². The molecule has 2 aromatic carbocycles. The lowest BCUT2D eigenvalue weighted by atomic mass is 10.1. The number of morpholine rings is 1. The number of hydrogen-bond donors (Lipinski definition) is 1. The van der Waals surface area contributed by atoms with Crippen LogP contribution in [0, 0.1) is 0 Å². The Kier molecular flexibility index (Phi) is 4.86. The average molecular weight is 375 g/mol. The molecular formula is C19H19ClN2O4. The molecule has 1 saturated heterocycles. The van der Waals surface area contributed by atoms with E-state index in [9.17, 15) is 4.79 Å². The van der Waals surface area contributed by atoms with Gasteiger partial charge in [0.15, 0.2) is 11.5 Å². The van der Waals surface area contributed by atoms with Crippen LogP contribution >= 0.6 is 11.6 Å². The van der Waals surface area contributed by atoms with Gasteiger partial charge in [0.1, 0.15) is 13.2 Å². The van der Waals surface area contributed by atoms with Crippen LogP contribution in [0.4, 0.5) is 11.4 Å². The first kappa shape index (κ1) is 17.0. The monoisotopic (exact) mass is 374 g/mol. The van der Waals surface area contributed by atoms with Gasteiger partial charge in [-0.05, 0) is 36.4 Å². The summed E-state index contributed by atoms with van der Waals surface area (Å²) in [5, 5.41) is 3.26. The molecule has 0 aliphatic carbocycles. The quantitative estimate of drug-likeness (QED) is 0.894. The predicted molar refractivity (Wildman–Crippen MR) is 99.9 cm³/mol. The molecule has 0 radical (unpaired) electrons. The van der Waals surface area contributed by atoms with E-state index in [0.717, 1.165) is 37.7 Å². The number of rotatable bonds is 3. The summed E-state index contributed by atoms with van der Waals surface area (Å²) in [6.07, 6.45) is 0. The molecule has 2 heterocycles.